The molecule has 0 saturated carbocycles. The molecule has 35 heavy (non-hydrogen) atoms. The highest BCUT2D eigenvalue weighted by Crippen LogP contribution is 2.33. The summed E-state index contributed by atoms with van der Waals surface area (Å²) in [6.07, 6.45) is -0.561. The van der Waals surface area contributed by atoms with Crippen LogP contribution in [0.3, 0.4) is 0 Å². The molecule has 10 heteroatoms. The van der Waals surface area contributed by atoms with Gasteiger partial charge in [-0.25, -0.2) is 13.6 Å². The minimum absolute atomic E-state index is 0.0147. The van der Waals surface area contributed by atoms with E-state index in [-0.39, 0.29) is 19.6 Å². The van der Waals surface area contributed by atoms with E-state index in [9.17, 15) is 23.2 Å². The Morgan fingerprint density at radius 3 is 1.89 bits per heavy atom. The Hall–Kier alpha value is -3.53. The van der Waals surface area contributed by atoms with E-state index in [4.69, 9.17) is 4.74 Å². The number of hydrogen-bond donors (Lipinski definition) is 2. The maximum atomic E-state index is 13.7. The Labute approximate surface area is 203 Å². The van der Waals surface area contributed by atoms with E-state index >= 15 is 0 Å². The second-order valence-corrected chi connectivity index (χ2v) is 9.36. The van der Waals surface area contributed by atoms with Gasteiger partial charge in [0.1, 0.15) is 23.3 Å². The van der Waals surface area contributed by atoms with Crippen molar-refractivity contribution in [2.45, 2.75) is 45.4 Å². The molecule has 1 aliphatic rings. The van der Waals surface area contributed by atoms with Crippen LogP contribution in [0.4, 0.5) is 13.6 Å². The smallest absolute Gasteiger partial charge is 0.410 e. The van der Waals surface area contributed by atoms with E-state index in [1.807, 2.05) is 4.90 Å². The molecule has 1 unspecified atom stereocenters. The lowest BCUT2D eigenvalue weighted by Gasteiger charge is -2.44. The zero-order valence-electron chi connectivity index (χ0n) is 20.2. The molecule has 3 amide bonds. The van der Waals surface area contributed by atoms with Crippen molar-refractivity contribution in [3.8, 4) is 0 Å². The van der Waals surface area contributed by atoms with Crippen LogP contribution in [0.15, 0.2) is 48.5 Å². The monoisotopic (exact) mass is 488 g/mol. The van der Waals surface area contributed by atoms with Gasteiger partial charge in [-0.2, -0.15) is 0 Å². The Bertz CT molecular complexity index is 1010. The molecule has 1 aliphatic heterocycles. The summed E-state index contributed by atoms with van der Waals surface area (Å²) in [5.41, 5.74) is 5.31. The number of rotatable bonds is 4. The van der Waals surface area contributed by atoms with E-state index in [1.54, 1.807) is 45.0 Å². The third-order valence-electron chi connectivity index (χ3n) is 5.44. The quantitative estimate of drug-likeness (QED) is 0.646. The van der Waals surface area contributed by atoms with E-state index in [0.717, 1.165) is 0 Å². The molecule has 0 aliphatic carbocycles. The number of halogens is 2. The van der Waals surface area contributed by atoms with Gasteiger partial charge < -0.3 is 9.64 Å². The minimum Gasteiger partial charge on any atom is -0.444 e. The van der Waals surface area contributed by atoms with Gasteiger partial charge in [0.05, 0.1) is 6.04 Å². The highest BCUT2D eigenvalue weighted by Gasteiger charge is 2.40. The van der Waals surface area contributed by atoms with Crippen molar-refractivity contribution >= 4 is 17.9 Å². The molecule has 1 atom stereocenters. The van der Waals surface area contributed by atoms with Crippen LogP contribution in [0, 0.1) is 11.6 Å². The van der Waals surface area contributed by atoms with E-state index in [1.165, 1.54) is 36.1 Å². The first-order valence-electron chi connectivity index (χ1n) is 11.3. The number of nitrogens with zero attached hydrogens (tertiary/aromatic N) is 2. The number of ether oxygens (including phenoxy) is 1. The number of benzene rings is 2. The standard InChI is InChI=1S/C25H30F2N4O4/c1-16(32)28-29-23(33)21-15-30(24(34)35-25(2,3)4)13-14-31(21)22(17-5-9-19(26)10-6-17)18-7-11-20(27)12-8-18/h5-12,21-22H,13-15H2,1-4H3,(H,28,32)(H,29,33). The lowest BCUT2D eigenvalue weighted by Crippen LogP contribution is -2.62. The van der Waals surface area contributed by atoms with Gasteiger partial charge in [0.2, 0.25) is 5.91 Å². The largest absolute Gasteiger partial charge is 0.444 e. The average molecular weight is 489 g/mol. The van der Waals surface area contributed by atoms with Gasteiger partial charge in [0.25, 0.3) is 5.91 Å². The van der Waals surface area contributed by atoms with Gasteiger partial charge in [0.15, 0.2) is 0 Å². The molecule has 8 nitrogen and oxygen atoms in total. The number of nitrogens with one attached hydrogen (secondary N) is 2. The number of carbonyl (C=O) groups excluding carboxylic acids is 3. The van der Waals surface area contributed by atoms with Gasteiger partial charge in [-0.1, -0.05) is 24.3 Å². The predicted molar refractivity (Wildman–Crippen MR) is 125 cm³/mol. The molecule has 1 fully saturated rings. The van der Waals surface area contributed by atoms with Gasteiger partial charge in [-0.05, 0) is 56.2 Å². The molecule has 2 aromatic carbocycles. The van der Waals surface area contributed by atoms with Crippen LogP contribution in [-0.2, 0) is 14.3 Å². The fourth-order valence-electron chi connectivity index (χ4n) is 3.93. The van der Waals surface area contributed by atoms with Crippen LogP contribution in [0.1, 0.15) is 44.9 Å². The maximum Gasteiger partial charge on any atom is 0.410 e. The SMILES string of the molecule is CC(=O)NNC(=O)C1CN(C(=O)OC(C)(C)C)CCN1C(c1ccc(F)cc1)c1ccc(F)cc1. The Morgan fingerprint density at radius 1 is 0.914 bits per heavy atom. The third-order valence-corrected chi connectivity index (χ3v) is 5.44. The summed E-state index contributed by atoms with van der Waals surface area (Å²) in [5.74, 6) is -1.83. The van der Waals surface area contributed by atoms with E-state index < -0.39 is 47.2 Å². The molecule has 0 aromatic heterocycles. The summed E-state index contributed by atoms with van der Waals surface area (Å²) in [6, 6.07) is 10.2. The summed E-state index contributed by atoms with van der Waals surface area (Å²) in [6.45, 7) is 7.02. The third kappa shape index (κ3) is 6.98. The molecule has 0 radical (unpaired) electrons. The minimum atomic E-state index is -0.900. The maximum absolute atomic E-state index is 13.7. The van der Waals surface area contributed by atoms with Crippen molar-refractivity contribution in [3.63, 3.8) is 0 Å². The van der Waals surface area contributed by atoms with Gasteiger partial charge >= 0.3 is 6.09 Å². The van der Waals surface area contributed by atoms with Crippen molar-refractivity contribution in [1.82, 2.24) is 20.7 Å². The van der Waals surface area contributed by atoms with Crippen LogP contribution < -0.4 is 10.9 Å². The normalized spacial score (nSPS) is 16.7. The Morgan fingerprint density at radius 2 is 1.43 bits per heavy atom. The van der Waals surface area contributed by atoms with Crippen molar-refractivity contribution in [2.24, 2.45) is 0 Å². The van der Waals surface area contributed by atoms with E-state index in [0.29, 0.717) is 11.1 Å². The second-order valence-electron chi connectivity index (χ2n) is 9.36. The molecule has 2 N–H and O–H groups in total. The van der Waals surface area contributed by atoms with Crippen LogP contribution >= 0.6 is 0 Å². The number of hydrazine groups is 1. The van der Waals surface area contributed by atoms with Gasteiger partial charge in [-0.15, -0.1) is 0 Å². The first kappa shape index (κ1) is 26.1. The number of hydrogen-bond acceptors (Lipinski definition) is 5. The Kier molecular flexibility index (Phi) is 8.06. The Balaban J connectivity index is 1.99. The van der Waals surface area contributed by atoms with Gasteiger partial charge in [-0.3, -0.25) is 25.3 Å². The van der Waals surface area contributed by atoms with Crippen LogP contribution in [0.2, 0.25) is 0 Å². The highest BCUT2D eigenvalue weighted by atomic mass is 19.1. The van der Waals surface area contributed by atoms with Crippen LogP contribution in [0.25, 0.3) is 0 Å². The van der Waals surface area contributed by atoms with Crippen molar-refractivity contribution < 1.29 is 27.9 Å². The second kappa shape index (κ2) is 10.8. The van der Waals surface area contributed by atoms with Crippen molar-refractivity contribution in [2.75, 3.05) is 19.6 Å². The van der Waals surface area contributed by atoms with Gasteiger partial charge in [0, 0.05) is 26.6 Å². The predicted octanol–water partition coefficient (Wildman–Crippen LogP) is 3.14. The molecule has 1 saturated heterocycles. The fourth-order valence-corrected chi connectivity index (χ4v) is 3.93. The topological polar surface area (TPSA) is 91.0 Å². The number of amides is 3. The summed E-state index contributed by atoms with van der Waals surface area (Å²) in [7, 11) is 0. The summed E-state index contributed by atoms with van der Waals surface area (Å²) >= 11 is 0. The average Bonchev–Trinajstić information content (AvgIpc) is 2.79. The lowest BCUT2D eigenvalue weighted by molar-refractivity contribution is -0.134. The fraction of sp³-hybridized carbons (Fsp3) is 0.400. The summed E-state index contributed by atoms with van der Waals surface area (Å²) in [4.78, 5) is 40.6. The number of carbonyl (C=O) groups is 3. The molecule has 188 valence electrons. The highest BCUT2D eigenvalue weighted by molar-refractivity contribution is 5.85. The lowest BCUT2D eigenvalue weighted by atomic mass is 9.94. The van der Waals surface area contributed by atoms with Crippen LogP contribution in [0.5, 0.6) is 0 Å². The molecule has 1 heterocycles. The summed E-state index contributed by atoms with van der Waals surface area (Å²) in [5, 5.41) is 0. The molecule has 2 aromatic rings. The zero-order chi connectivity index (χ0) is 25.8. The van der Waals surface area contributed by atoms with Crippen molar-refractivity contribution in [1.29, 1.82) is 0 Å². The molecule has 0 spiro atoms. The van der Waals surface area contributed by atoms with Crippen molar-refractivity contribution in [3.05, 3.63) is 71.3 Å². The molecular formula is C25H30F2N4O4. The first-order chi connectivity index (χ1) is 16.4. The zero-order valence-corrected chi connectivity index (χ0v) is 20.2. The molecule has 0 bridgehead atoms. The summed E-state index contributed by atoms with van der Waals surface area (Å²) < 4.78 is 32.8. The number of piperazine rings is 1. The van der Waals surface area contributed by atoms with Crippen LogP contribution in [-0.4, -0.2) is 59.0 Å². The van der Waals surface area contributed by atoms with E-state index in [2.05, 4.69) is 10.9 Å². The molecule has 3 rings (SSSR count). The first-order valence-corrected chi connectivity index (χ1v) is 11.3. The molecular weight excluding hydrogens is 458 g/mol.